The SMILES string of the molecule is CCCNC(=O)Cn1cnc(C(=O)OC)c1N. The van der Waals surface area contributed by atoms with Crippen LogP contribution in [0, 0.1) is 0 Å². The standard InChI is InChI=1S/C10H16N4O3/c1-3-4-12-7(15)5-14-6-13-8(9(14)11)10(16)17-2/h6H,3-5,11H2,1-2H3,(H,12,15). The van der Waals surface area contributed by atoms with E-state index in [1.807, 2.05) is 6.92 Å². The molecule has 1 amide bonds. The Labute approximate surface area is 99.0 Å². The molecule has 1 aromatic heterocycles. The van der Waals surface area contributed by atoms with Crippen LogP contribution in [0.2, 0.25) is 0 Å². The maximum atomic E-state index is 11.4. The van der Waals surface area contributed by atoms with Crippen LogP contribution in [-0.2, 0) is 16.1 Å². The second-order valence-corrected chi connectivity index (χ2v) is 3.45. The molecule has 0 saturated heterocycles. The van der Waals surface area contributed by atoms with E-state index in [0.29, 0.717) is 6.54 Å². The molecule has 0 atom stereocenters. The van der Waals surface area contributed by atoms with E-state index in [1.54, 1.807) is 0 Å². The predicted molar refractivity (Wildman–Crippen MR) is 61.3 cm³/mol. The fourth-order valence-electron chi connectivity index (χ4n) is 1.25. The number of hydrogen-bond donors (Lipinski definition) is 2. The second kappa shape index (κ2) is 5.88. The van der Waals surface area contributed by atoms with Crippen LogP contribution in [0.15, 0.2) is 6.33 Å². The Hall–Kier alpha value is -2.05. The number of rotatable bonds is 5. The van der Waals surface area contributed by atoms with Gasteiger partial charge in [0.05, 0.1) is 13.4 Å². The van der Waals surface area contributed by atoms with E-state index in [-0.39, 0.29) is 24.0 Å². The molecule has 94 valence electrons. The number of amides is 1. The van der Waals surface area contributed by atoms with Crippen LogP contribution >= 0.6 is 0 Å². The lowest BCUT2D eigenvalue weighted by Gasteiger charge is -2.06. The number of imidazole rings is 1. The van der Waals surface area contributed by atoms with Crippen LogP contribution in [0.4, 0.5) is 5.82 Å². The molecule has 0 aromatic carbocycles. The molecule has 17 heavy (non-hydrogen) atoms. The highest BCUT2D eigenvalue weighted by molar-refractivity contribution is 5.92. The number of nitrogen functional groups attached to an aromatic ring is 1. The first-order valence-electron chi connectivity index (χ1n) is 5.25. The van der Waals surface area contributed by atoms with Crippen LogP contribution in [0.5, 0.6) is 0 Å². The zero-order chi connectivity index (χ0) is 12.8. The van der Waals surface area contributed by atoms with E-state index in [4.69, 9.17) is 5.73 Å². The van der Waals surface area contributed by atoms with Crippen LogP contribution < -0.4 is 11.1 Å². The molecule has 1 aromatic rings. The molecule has 7 heteroatoms. The summed E-state index contributed by atoms with van der Waals surface area (Å²) >= 11 is 0. The second-order valence-electron chi connectivity index (χ2n) is 3.45. The number of hydrogen-bond acceptors (Lipinski definition) is 5. The summed E-state index contributed by atoms with van der Waals surface area (Å²) in [4.78, 5) is 26.5. The Balaban J connectivity index is 2.70. The normalized spacial score (nSPS) is 10.0. The van der Waals surface area contributed by atoms with Crippen LogP contribution in [0.3, 0.4) is 0 Å². The lowest BCUT2D eigenvalue weighted by molar-refractivity contribution is -0.121. The number of carbonyl (C=O) groups excluding carboxylic acids is 2. The molecule has 0 fully saturated rings. The average molecular weight is 240 g/mol. The number of nitrogens with one attached hydrogen (secondary N) is 1. The summed E-state index contributed by atoms with van der Waals surface area (Å²) in [5.41, 5.74) is 5.70. The van der Waals surface area contributed by atoms with Gasteiger partial charge in [-0.15, -0.1) is 0 Å². The first-order valence-corrected chi connectivity index (χ1v) is 5.25. The van der Waals surface area contributed by atoms with E-state index < -0.39 is 5.97 Å². The lowest BCUT2D eigenvalue weighted by Crippen LogP contribution is -2.28. The Morgan fingerprint density at radius 3 is 2.88 bits per heavy atom. The third kappa shape index (κ3) is 3.20. The zero-order valence-corrected chi connectivity index (χ0v) is 9.90. The number of nitrogens with two attached hydrogens (primary N) is 1. The minimum atomic E-state index is -0.616. The molecule has 0 aliphatic carbocycles. The molecule has 0 unspecified atom stereocenters. The first-order chi connectivity index (χ1) is 8.10. The number of ether oxygens (including phenoxy) is 1. The van der Waals surface area contributed by atoms with Crippen molar-refractivity contribution in [2.75, 3.05) is 19.4 Å². The van der Waals surface area contributed by atoms with Crippen molar-refractivity contribution in [2.45, 2.75) is 19.9 Å². The monoisotopic (exact) mass is 240 g/mol. The summed E-state index contributed by atoms with van der Waals surface area (Å²) < 4.78 is 5.91. The molecule has 0 saturated carbocycles. The van der Waals surface area contributed by atoms with E-state index in [2.05, 4.69) is 15.0 Å². The molecule has 0 aliphatic heterocycles. The molecule has 1 rings (SSSR count). The maximum absolute atomic E-state index is 11.4. The van der Waals surface area contributed by atoms with Gasteiger partial charge in [-0.1, -0.05) is 6.92 Å². The summed E-state index contributed by atoms with van der Waals surface area (Å²) in [5.74, 6) is -0.661. The number of aromatic nitrogens is 2. The summed E-state index contributed by atoms with van der Waals surface area (Å²) in [6.45, 7) is 2.61. The highest BCUT2D eigenvalue weighted by Gasteiger charge is 2.17. The highest BCUT2D eigenvalue weighted by Crippen LogP contribution is 2.10. The van der Waals surface area contributed by atoms with Crippen molar-refractivity contribution in [3.05, 3.63) is 12.0 Å². The van der Waals surface area contributed by atoms with Crippen LogP contribution in [0.1, 0.15) is 23.8 Å². The Bertz CT molecular complexity index is 414. The highest BCUT2D eigenvalue weighted by atomic mass is 16.5. The van der Waals surface area contributed by atoms with E-state index >= 15 is 0 Å². The fraction of sp³-hybridized carbons (Fsp3) is 0.500. The summed E-state index contributed by atoms with van der Waals surface area (Å²) in [6, 6.07) is 0. The number of esters is 1. The molecular formula is C10H16N4O3. The van der Waals surface area contributed by atoms with Crippen molar-refractivity contribution in [2.24, 2.45) is 0 Å². The van der Waals surface area contributed by atoms with E-state index in [9.17, 15) is 9.59 Å². The number of carbonyl (C=O) groups is 2. The quantitative estimate of drug-likeness (QED) is 0.693. The third-order valence-corrected chi connectivity index (χ3v) is 2.14. The summed E-state index contributed by atoms with van der Waals surface area (Å²) in [7, 11) is 1.24. The van der Waals surface area contributed by atoms with Gasteiger partial charge in [0.1, 0.15) is 12.4 Å². The number of anilines is 1. The van der Waals surface area contributed by atoms with Crippen molar-refractivity contribution >= 4 is 17.7 Å². The predicted octanol–water partition coefficient (Wildman–Crippen LogP) is -0.222. The van der Waals surface area contributed by atoms with Crippen molar-refractivity contribution in [1.29, 1.82) is 0 Å². The Morgan fingerprint density at radius 2 is 2.29 bits per heavy atom. The van der Waals surface area contributed by atoms with Crippen LogP contribution in [0.25, 0.3) is 0 Å². The number of methoxy groups -OCH3 is 1. The topological polar surface area (TPSA) is 99.2 Å². The fourth-order valence-corrected chi connectivity index (χ4v) is 1.25. The van der Waals surface area contributed by atoms with E-state index in [0.717, 1.165) is 6.42 Å². The molecular weight excluding hydrogens is 224 g/mol. The van der Waals surface area contributed by atoms with Gasteiger partial charge in [-0.05, 0) is 6.42 Å². The third-order valence-electron chi connectivity index (χ3n) is 2.14. The van der Waals surface area contributed by atoms with Crippen molar-refractivity contribution < 1.29 is 14.3 Å². The van der Waals surface area contributed by atoms with Gasteiger partial charge in [-0.25, -0.2) is 9.78 Å². The van der Waals surface area contributed by atoms with Crippen molar-refractivity contribution in [1.82, 2.24) is 14.9 Å². The smallest absolute Gasteiger partial charge is 0.360 e. The molecule has 0 radical (unpaired) electrons. The molecule has 7 nitrogen and oxygen atoms in total. The maximum Gasteiger partial charge on any atom is 0.360 e. The number of nitrogens with zero attached hydrogens (tertiary/aromatic N) is 2. The first kappa shape index (κ1) is 13.0. The van der Waals surface area contributed by atoms with Gasteiger partial charge in [0.25, 0.3) is 0 Å². The van der Waals surface area contributed by atoms with Gasteiger partial charge >= 0.3 is 5.97 Å². The van der Waals surface area contributed by atoms with Gasteiger partial charge < -0.3 is 20.4 Å². The molecule has 0 bridgehead atoms. The van der Waals surface area contributed by atoms with Gasteiger partial charge in [0, 0.05) is 6.54 Å². The lowest BCUT2D eigenvalue weighted by atomic mass is 10.4. The molecule has 1 heterocycles. The minimum Gasteiger partial charge on any atom is -0.464 e. The Morgan fingerprint density at radius 1 is 1.59 bits per heavy atom. The average Bonchev–Trinajstić information content (AvgIpc) is 2.67. The van der Waals surface area contributed by atoms with Gasteiger partial charge in [-0.2, -0.15) is 0 Å². The molecule has 0 aliphatic rings. The van der Waals surface area contributed by atoms with Crippen molar-refractivity contribution in [3.63, 3.8) is 0 Å². The Kier molecular flexibility index (Phi) is 4.50. The van der Waals surface area contributed by atoms with E-state index in [1.165, 1.54) is 18.0 Å². The summed E-state index contributed by atoms with van der Waals surface area (Å²) in [6.07, 6.45) is 2.20. The van der Waals surface area contributed by atoms with Crippen molar-refractivity contribution in [3.8, 4) is 0 Å². The molecule has 0 spiro atoms. The van der Waals surface area contributed by atoms with Crippen LogP contribution in [-0.4, -0.2) is 35.1 Å². The summed E-state index contributed by atoms with van der Waals surface area (Å²) in [5, 5.41) is 2.70. The van der Waals surface area contributed by atoms with Gasteiger partial charge in [0.15, 0.2) is 5.69 Å². The van der Waals surface area contributed by atoms with Gasteiger partial charge in [-0.3, -0.25) is 4.79 Å². The minimum absolute atomic E-state index is 0.0239. The molecule has 3 N–H and O–H groups in total. The van der Waals surface area contributed by atoms with Gasteiger partial charge in [0.2, 0.25) is 5.91 Å². The zero-order valence-electron chi connectivity index (χ0n) is 9.90. The largest absolute Gasteiger partial charge is 0.464 e.